The molecule has 0 saturated carbocycles. The van der Waals surface area contributed by atoms with E-state index < -0.39 is 31.3 Å². The Bertz CT molecular complexity index is 639. The molecule has 0 unspecified atom stereocenters. The summed E-state index contributed by atoms with van der Waals surface area (Å²) in [7, 11) is -4.85. The average molecular weight is 396 g/mol. The summed E-state index contributed by atoms with van der Waals surface area (Å²) in [6, 6.07) is 6.13. The van der Waals surface area contributed by atoms with E-state index in [9.17, 15) is 17.4 Å². The van der Waals surface area contributed by atoms with E-state index in [4.69, 9.17) is 0 Å². The van der Waals surface area contributed by atoms with Gasteiger partial charge in [0, 0.05) is 33.8 Å². The van der Waals surface area contributed by atoms with Crippen LogP contribution in [-0.2, 0) is 25.4 Å². The number of halogens is 1. The first-order valence-corrected chi connectivity index (χ1v) is 10.2. The van der Waals surface area contributed by atoms with Gasteiger partial charge in [0.25, 0.3) is 0 Å². The molecule has 0 spiro atoms. The molecule has 1 aromatic rings. The van der Waals surface area contributed by atoms with Gasteiger partial charge >= 0.3 is 0 Å². The fraction of sp³-hybridized carbons (Fsp3) is 0.462. The summed E-state index contributed by atoms with van der Waals surface area (Å²) in [6.45, 7) is 2.91. The zero-order valence-corrected chi connectivity index (χ0v) is 15.3. The van der Waals surface area contributed by atoms with Crippen LogP contribution < -0.4 is 5.32 Å². The van der Waals surface area contributed by atoms with Crippen molar-refractivity contribution in [2.24, 2.45) is 0 Å². The summed E-state index contributed by atoms with van der Waals surface area (Å²) in [6.07, 6.45) is 1.52. The highest BCUT2D eigenvalue weighted by Gasteiger charge is 2.42. The number of carbonyl (C=O) groups excluding carboxylic acids is 1. The Hall–Kier alpha value is -0.730. The quantitative estimate of drug-likeness (QED) is 0.790. The zero-order valence-electron chi connectivity index (χ0n) is 12.1. The molecule has 0 aliphatic heterocycles. The number of rotatable bonds is 6. The van der Waals surface area contributed by atoms with E-state index in [-0.39, 0.29) is 11.4 Å². The van der Waals surface area contributed by atoms with Gasteiger partial charge in [-0.15, -0.1) is 0 Å². The Morgan fingerprint density at radius 3 is 2.29 bits per heavy atom. The number of amides is 1. The van der Waals surface area contributed by atoms with Gasteiger partial charge in [-0.3, -0.25) is 9.00 Å². The maximum atomic E-state index is 12.6. The normalized spacial score (nSPS) is 13.7. The van der Waals surface area contributed by atoms with Crippen molar-refractivity contribution in [3.8, 4) is 0 Å². The first-order chi connectivity index (χ1) is 9.59. The molecule has 1 aromatic carbocycles. The second-order valence-corrected chi connectivity index (χ2v) is 9.97. The highest BCUT2D eigenvalue weighted by atomic mass is 79.9. The highest BCUT2D eigenvalue weighted by molar-refractivity contribution is 9.10. The number of carbonyl (C=O) groups is 1. The molecule has 21 heavy (non-hydrogen) atoms. The number of nitrogens with one attached hydrogen (secondary N) is 1. The van der Waals surface area contributed by atoms with Gasteiger partial charge in [-0.2, -0.15) is 0 Å². The summed E-state index contributed by atoms with van der Waals surface area (Å²) < 4.78 is 35.3. The lowest BCUT2D eigenvalue weighted by molar-refractivity contribution is -0.122. The molecule has 0 aromatic heterocycles. The first-order valence-electron chi connectivity index (χ1n) is 6.17. The smallest absolute Gasteiger partial charge is 0.241 e. The molecule has 0 saturated heterocycles. The van der Waals surface area contributed by atoms with Crippen LogP contribution in [0.3, 0.4) is 0 Å². The molecule has 5 nitrogen and oxygen atoms in total. The van der Waals surface area contributed by atoms with Crippen LogP contribution in [0.25, 0.3) is 0 Å². The Balaban J connectivity index is 2.96. The van der Waals surface area contributed by atoms with E-state index in [1.165, 1.54) is 32.2 Å². The lowest BCUT2D eigenvalue weighted by Crippen LogP contribution is -2.48. The van der Waals surface area contributed by atoms with Crippen molar-refractivity contribution < 1.29 is 17.4 Å². The van der Waals surface area contributed by atoms with Gasteiger partial charge in [0.15, 0.2) is 9.84 Å². The Kier molecular flexibility index (Phi) is 6.12. The number of hydrogen-bond donors (Lipinski definition) is 1. The maximum absolute atomic E-state index is 12.6. The molecule has 1 amide bonds. The van der Waals surface area contributed by atoms with Crippen molar-refractivity contribution in [1.82, 2.24) is 5.32 Å². The predicted octanol–water partition coefficient (Wildman–Crippen LogP) is 1.50. The molecular weight excluding hydrogens is 378 g/mol. The third-order valence-corrected chi connectivity index (χ3v) is 6.75. The third kappa shape index (κ3) is 4.37. The average Bonchev–Trinajstić information content (AvgIpc) is 2.38. The largest absolute Gasteiger partial charge is 0.354 e. The molecule has 8 heteroatoms. The molecule has 1 atom stereocenters. The van der Waals surface area contributed by atoms with Gasteiger partial charge in [0.1, 0.15) is 4.75 Å². The van der Waals surface area contributed by atoms with Gasteiger partial charge in [0.05, 0.1) is 4.90 Å². The van der Waals surface area contributed by atoms with Crippen LogP contribution in [0.2, 0.25) is 0 Å². The highest BCUT2D eigenvalue weighted by Crippen LogP contribution is 2.26. The van der Waals surface area contributed by atoms with Crippen LogP contribution in [-0.4, -0.2) is 41.8 Å². The molecule has 0 heterocycles. The van der Waals surface area contributed by atoms with Gasteiger partial charge in [0.2, 0.25) is 5.91 Å². The van der Waals surface area contributed by atoms with Crippen LogP contribution in [0, 0.1) is 0 Å². The lowest BCUT2D eigenvalue weighted by atomic mass is 10.2. The summed E-state index contributed by atoms with van der Waals surface area (Å²) in [4.78, 5) is 12.2. The van der Waals surface area contributed by atoms with Crippen molar-refractivity contribution in [2.45, 2.75) is 23.5 Å². The SMILES string of the molecule is C[S@](=O)CCNC(=O)C(C)(C)S(=O)(=O)c1ccc(Br)cc1. The maximum Gasteiger partial charge on any atom is 0.241 e. The third-order valence-electron chi connectivity index (χ3n) is 3.02. The molecule has 0 fully saturated rings. The van der Waals surface area contributed by atoms with Crippen molar-refractivity contribution in [2.75, 3.05) is 18.6 Å². The van der Waals surface area contributed by atoms with Crippen LogP contribution in [0.15, 0.2) is 33.6 Å². The van der Waals surface area contributed by atoms with Gasteiger partial charge in [-0.25, -0.2) is 8.42 Å². The fourth-order valence-corrected chi connectivity index (χ4v) is 3.61. The monoisotopic (exact) mass is 395 g/mol. The van der Waals surface area contributed by atoms with E-state index in [1.54, 1.807) is 12.1 Å². The van der Waals surface area contributed by atoms with Gasteiger partial charge < -0.3 is 5.32 Å². The minimum absolute atomic E-state index is 0.0879. The first kappa shape index (κ1) is 18.3. The Morgan fingerprint density at radius 2 is 1.81 bits per heavy atom. The second-order valence-electron chi connectivity index (χ2n) is 5.00. The molecule has 0 bridgehead atoms. The Morgan fingerprint density at radius 1 is 1.29 bits per heavy atom. The molecule has 118 valence electrons. The molecular formula is C13H18BrNO4S2. The van der Waals surface area contributed by atoms with E-state index >= 15 is 0 Å². The van der Waals surface area contributed by atoms with Crippen LogP contribution >= 0.6 is 15.9 Å². The van der Waals surface area contributed by atoms with Gasteiger partial charge in [-0.05, 0) is 38.1 Å². The predicted molar refractivity (Wildman–Crippen MR) is 87.3 cm³/mol. The van der Waals surface area contributed by atoms with E-state index in [2.05, 4.69) is 21.2 Å². The van der Waals surface area contributed by atoms with Crippen molar-refractivity contribution in [1.29, 1.82) is 0 Å². The van der Waals surface area contributed by atoms with Crippen molar-refractivity contribution >= 4 is 42.5 Å². The van der Waals surface area contributed by atoms with E-state index in [0.29, 0.717) is 5.75 Å². The topological polar surface area (TPSA) is 80.3 Å². The number of benzene rings is 1. The number of sulfone groups is 1. The van der Waals surface area contributed by atoms with Crippen LogP contribution in [0.4, 0.5) is 0 Å². The summed E-state index contributed by atoms with van der Waals surface area (Å²) in [5.74, 6) is -0.309. The van der Waals surface area contributed by atoms with Crippen molar-refractivity contribution in [3.05, 3.63) is 28.7 Å². The lowest BCUT2D eigenvalue weighted by Gasteiger charge is -2.23. The molecule has 0 radical (unpaired) electrons. The van der Waals surface area contributed by atoms with E-state index in [0.717, 1.165) is 4.47 Å². The molecule has 1 N–H and O–H groups in total. The van der Waals surface area contributed by atoms with Crippen molar-refractivity contribution in [3.63, 3.8) is 0 Å². The minimum Gasteiger partial charge on any atom is -0.354 e. The summed E-state index contributed by atoms with van der Waals surface area (Å²) >= 11 is 3.24. The number of hydrogen-bond acceptors (Lipinski definition) is 4. The minimum atomic E-state index is -3.81. The molecule has 0 aliphatic rings. The standard InChI is InChI=1S/C13H18BrNO4S2/c1-13(2,12(16)15-8-9-20(3)17)21(18,19)11-6-4-10(14)5-7-11/h4-7H,8-9H2,1-3H3,(H,15,16)/t20-/m0/s1. The van der Waals surface area contributed by atoms with Crippen LogP contribution in [0.5, 0.6) is 0 Å². The fourth-order valence-electron chi connectivity index (χ4n) is 1.55. The molecule has 0 aliphatic carbocycles. The molecule has 1 rings (SSSR count). The van der Waals surface area contributed by atoms with E-state index in [1.807, 2.05) is 0 Å². The zero-order chi connectivity index (χ0) is 16.3. The summed E-state index contributed by atoms with van der Waals surface area (Å²) in [5, 5.41) is 2.52. The Labute approximate surface area is 136 Å². The van der Waals surface area contributed by atoms with Crippen LogP contribution in [0.1, 0.15) is 13.8 Å². The second kappa shape index (κ2) is 7.02. The summed E-state index contributed by atoms with van der Waals surface area (Å²) in [5.41, 5.74) is 0. The van der Waals surface area contributed by atoms with Gasteiger partial charge in [-0.1, -0.05) is 15.9 Å².